The van der Waals surface area contributed by atoms with Gasteiger partial charge in [0.15, 0.2) is 0 Å². The summed E-state index contributed by atoms with van der Waals surface area (Å²) in [6.45, 7) is 5.17. The lowest BCUT2D eigenvalue weighted by molar-refractivity contribution is 0.133. The van der Waals surface area contributed by atoms with Crippen molar-refractivity contribution in [3.63, 3.8) is 0 Å². The van der Waals surface area contributed by atoms with E-state index in [2.05, 4.69) is 11.8 Å². The molecular formula is C15H23N3O. The normalized spacial score (nSPS) is 20.2. The SMILES string of the molecule is CC1CCCCN1CCOc1ccc(C(=N)N)cc1. The predicted octanol–water partition coefficient (Wildman–Crippen LogP) is 2.22. The van der Waals surface area contributed by atoms with Crippen LogP contribution in [0.3, 0.4) is 0 Å². The Morgan fingerprint density at radius 1 is 1.37 bits per heavy atom. The van der Waals surface area contributed by atoms with Crippen LogP contribution in [0.1, 0.15) is 31.7 Å². The van der Waals surface area contributed by atoms with E-state index in [1.165, 1.54) is 25.8 Å². The maximum absolute atomic E-state index is 7.33. The van der Waals surface area contributed by atoms with Gasteiger partial charge in [-0.15, -0.1) is 0 Å². The maximum Gasteiger partial charge on any atom is 0.122 e. The zero-order valence-corrected chi connectivity index (χ0v) is 11.6. The summed E-state index contributed by atoms with van der Waals surface area (Å²) in [6.07, 6.45) is 3.95. The van der Waals surface area contributed by atoms with Gasteiger partial charge in [0.25, 0.3) is 0 Å². The van der Waals surface area contributed by atoms with E-state index in [4.69, 9.17) is 15.9 Å². The van der Waals surface area contributed by atoms with E-state index < -0.39 is 0 Å². The molecule has 19 heavy (non-hydrogen) atoms. The van der Waals surface area contributed by atoms with Crippen LogP contribution in [0.4, 0.5) is 0 Å². The molecule has 1 aromatic carbocycles. The summed E-state index contributed by atoms with van der Waals surface area (Å²) in [6, 6.07) is 8.06. The molecule has 0 spiro atoms. The summed E-state index contributed by atoms with van der Waals surface area (Å²) in [5.41, 5.74) is 6.15. The first-order valence-corrected chi connectivity index (χ1v) is 6.98. The molecule has 0 saturated carbocycles. The van der Waals surface area contributed by atoms with Gasteiger partial charge in [-0.1, -0.05) is 6.42 Å². The highest BCUT2D eigenvalue weighted by atomic mass is 16.5. The Kier molecular flexibility index (Phi) is 4.80. The van der Waals surface area contributed by atoms with Crippen molar-refractivity contribution in [2.45, 2.75) is 32.2 Å². The average molecular weight is 261 g/mol. The summed E-state index contributed by atoms with van der Waals surface area (Å²) in [5, 5.41) is 7.33. The minimum absolute atomic E-state index is 0.0914. The molecule has 1 atom stereocenters. The van der Waals surface area contributed by atoms with Gasteiger partial charge in [-0.25, -0.2) is 0 Å². The molecule has 4 nitrogen and oxygen atoms in total. The van der Waals surface area contributed by atoms with E-state index in [0.29, 0.717) is 12.6 Å². The van der Waals surface area contributed by atoms with E-state index in [1.54, 1.807) is 0 Å². The lowest BCUT2D eigenvalue weighted by Crippen LogP contribution is -2.39. The average Bonchev–Trinajstić information content (AvgIpc) is 2.41. The molecule has 1 aliphatic rings. The number of nitrogens with zero attached hydrogens (tertiary/aromatic N) is 1. The zero-order chi connectivity index (χ0) is 13.7. The van der Waals surface area contributed by atoms with E-state index in [0.717, 1.165) is 17.9 Å². The van der Waals surface area contributed by atoms with Gasteiger partial charge in [-0.3, -0.25) is 10.3 Å². The van der Waals surface area contributed by atoms with E-state index in [-0.39, 0.29) is 5.84 Å². The molecule has 0 bridgehead atoms. The first-order chi connectivity index (χ1) is 9.16. The quantitative estimate of drug-likeness (QED) is 0.631. The number of piperidine rings is 1. The summed E-state index contributed by atoms with van der Waals surface area (Å²) >= 11 is 0. The predicted molar refractivity (Wildman–Crippen MR) is 77.8 cm³/mol. The van der Waals surface area contributed by atoms with Crippen LogP contribution in [0.2, 0.25) is 0 Å². The van der Waals surface area contributed by atoms with Gasteiger partial charge < -0.3 is 10.5 Å². The van der Waals surface area contributed by atoms with Crippen LogP contribution in [0.5, 0.6) is 5.75 Å². The molecule has 0 aromatic heterocycles. The minimum atomic E-state index is 0.0914. The number of ether oxygens (including phenoxy) is 1. The van der Waals surface area contributed by atoms with Crippen LogP contribution in [0, 0.1) is 5.41 Å². The molecule has 104 valence electrons. The Morgan fingerprint density at radius 3 is 2.74 bits per heavy atom. The van der Waals surface area contributed by atoms with Gasteiger partial charge in [0.05, 0.1) is 0 Å². The molecule has 1 saturated heterocycles. The second kappa shape index (κ2) is 6.57. The molecule has 1 heterocycles. The second-order valence-electron chi connectivity index (χ2n) is 5.17. The first kappa shape index (κ1) is 13.9. The van der Waals surface area contributed by atoms with Gasteiger partial charge in [0.1, 0.15) is 18.2 Å². The molecule has 3 N–H and O–H groups in total. The molecule has 1 unspecified atom stereocenters. The number of nitrogen functional groups attached to an aromatic ring is 1. The van der Waals surface area contributed by atoms with Crippen LogP contribution >= 0.6 is 0 Å². The van der Waals surface area contributed by atoms with Gasteiger partial charge in [0.2, 0.25) is 0 Å². The van der Waals surface area contributed by atoms with Crippen molar-refractivity contribution >= 4 is 5.84 Å². The zero-order valence-electron chi connectivity index (χ0n) is 11.6. The molecule has 1 fully saturated rings. The molecule has 0 radical (unpaired) electrons. The van der Waals surface area contributed by atoms with Crippen LogP contribution < -0.4 is 10.5 Å². The van der Waals surface area contributed by atoms with Crippen molar-refractivity contribution in [3.05, 3.63) is 29.8 Å². The summed E-state index contributed by atoms with van der Waals surface area (Å²) < 4.78 is 5.74. The van der Waals surface area contributed by atoms with Crippen molar-refractivity contribution in [1.29, 1.82) is 5.41 Å². The Morgan fingerprint density at radius 2 is 2.11 bits per heavy atom. The fraction of sp³-hybridized carbons (Fsp3) is 0.533. The van der Waals surface area contributed by atoms with Gasteiger partial charge in [-0.05, 0) is 50.6 Å². The molecule has 1 aromatic rings. The number of benzene rings is 1. The van der Waals surface area contributed by atoms with Crippen LogP contribution in [-0.2, 0) is 0 Å². The van der Waals surface area contributed by atoms with Gasteiger partial charge >= 0.3 is 0 Å². The topological polar surface area (TPSA) is 62.3 Å². The molecule has 0 amide bonds. The molecule has 2 rings (SSSR count). The van der Waals surface area contributed by atoms with Crippen molar-refractivity contribution in [1.82, 2.24) is 4.90 Å². The Bertz CT molecular complexity index is 416. The lowest BCUT2D eigenvalue weighted by Gasteiger charge is -2.33. The number of hydrogen-bond donors (Lipinski definition) is 2. The number of nitrogens with one attached hydrogen (secondary N) is 1. The van der Waals surface area contributed by atoms with E-state index in [1.807, 2.05) is 24.3 Å². The third-order valence-corrected chi connectivity index (χ3v) is 3.75. The summed E-state index contributed by atoms with van der Waals surface area (Å²) in [5.74, 6) is 0.934. The largest absolute Gasteiger partial charge is 0.492 e. The number of nitrogens with two attached hydrogens (primary N) is 1. The van der Waals surface area contributed by atoms with Crippen LogP contribution in [0.25, 0.3) is 0 Å². The summed E-state index contributed by atoms with van der Waals surface area (Å²) in [4.78, 5) is 2.49. The van der Waals surface area contributed by atoms with Gasteiger partial charge in [-0.2, -0.15) is 0 Å². The molecule has 0 aliphatic carbocycles. The highest BCUT2D eigenvalue weighted by Crippen LogP contribution is 2.16. The third-order valence-electron chi connectivity index (χ3n) is 3.75. The fourth-order valence-corrected chi connectivity index (χ4v) is 2.50. The Hall–Kier alpha value is -1.55. The highest BCUT2D eigenvalue weighted by Gasteiger charge is 2.17. The Balaban J connectivity index is 1.77. The monoisotopic (exact) mass is 261 g/mol. The third kappa shape index (κ3) is 3.96. The fourth-order valence-electron chi connectivity index (χ4n) is 2.50. The standard InChI is InChI=1S/C15H23N3O/c1-12-4-2-3-9-18(12)10-11-19-14-7-5-13(6-8-14)15(16)17/h5-8,12H,2-4,9-11H2,1H3,(H3,16,17). The minimum Gasteiger partial charge on any atom is -0.492 e. The molecule has 1 aliphatic heterocycles. The van der Waals surface area contributed by atoms with E-state index >= 15 is 0 Å². The number of likely N-dealkylation sites (tertiary alicyclic amines) is 1. The molecule has 4 heteroatoms. The molecular weight excluding hydrogens is 238 g/mol. The summed E-state index contributed by atoms with van der Waals surface area (Å²) in [7, 11) is 0. The number of hydrogen-bond acceptors (Lipinski definition) is 3. The van der Waals surface area contributed by atoms with Crippen molar-refractivity contribution in [2.75, 3.05) is 19.7 Å². The second-order valence-corrected chi connectivity index (χ2v) is 5.17. The highest BCUT2D eigenvalue weighted by molar-refractivity contribution is 5.94. The first-order valence-electron chi connectivity index (χ1n) is 6.98. The van der Waals surface area contributed by atoms with Crippen LogP contribution in [0.15, 0.2) is 24.3 Å². The smallest absolute Gasteiger partial charge is 0.122 e. The maximum atomic E-state index is 7.33. The number of amidine groups is 1. The van der Waals surface area contributed by atoms with Crippen LogP contribution in [-0.4, -0.2) is 36.5 Å². The van der Waals surface area contributed by atoms with Gasteiger partial charge in [0, 0.05) is 18.2 Å². The van der Waals surface area contributed by atoms with Crippen molar-refractivity contribution < 1.29 is 4.74 Å². The van der Waals surface area contributed by atoms with Crippen molar-refractivity contribution in [2.24, 2.45) is 5.73 Å². The van der Waals surface area contributed by atoms with E-state index in [9.17, 15) is 0 Å². The Labute approximate surface area is 115 Å². The van der Waals surface area contributed by atoms with Crippen molar-refractivity contribution in [3.8, 4) is 5.75 Å². The lowest BCUT2D eigenvalue weighted by atomic mass is 10.0. The number of rotatable bonds is 5.